The summed E-state index contributed by atoms with van der Waals surface area (Å²) < 4.78 is 32.8. The summed E-state index contributed by atoms with van der Waals surface area (Å²) in [5, 5.41) is 0.827. The van der Waals surface area contributed by atoms with Crippen molar-refractivity contribution >= 4 is 32.8 Å². The van der Waals surface area contributed by atoms with Gasteiger partial charge < -0.3 is 4.42 Å². The van der Waals surface area contributed by atoms with Crippen LogP contribution in [0.15, 0.2) is 57.8 Å². The van der Waals surface area contributed by atoms with Gasteiger partial charge in [-0.2, -0.15) is 4.31 Å². The first kappa shape index (κ1) is 22.0. The Kier molecular flexibility index (Phi) is 6.03. The molecule has 168 valence electrons. The molecular formula is C23H25N3O5S. The van der Waals surface area contributed by atoms with Crippen LogP contribution in [0.2, 0.25) is 0 Å². The van der Waals surface area contributed by atoms with Crippen molar-refractivity contribution in [3.05, 3.63) is 65.4 Å². The fraction of sp³-hybridized carbons (Fsp3) is 0.304. The summed E-state index contributed by atoms with van der Waals surface area (Å²) in [5.41, 5.74) is 7.05. The van der Waals surface area contributed by atoms with E-state index < -0.39 is 27.8 Å². The van der Waals surface area contributed by atoms with Gasteiger partial charge in [0.15, 0.2) is 5.76 Å². The van der Waals surface area contributed by atoms with Crippen LogP contribution in [0.3, 0.4) is 0 Å². The molecule has 1 unspecified atom stereocenters. The van der Waals surface area contributed by atoms with Crippen molar-refractivity contribution < 1.29 is 22.4 Å². The van der Waals surface area contributed by atoms with Crippen molar-refractivity contribution in [2.24, 2.45) is 5.92 Å². The normalized spacial score (nSPS) is 17.2. The van der Waals surface area contributed by atoms with Crippen LogP contribution in [0.5, 0.6) is 0 Å². The van der Waals surface area contributed by atoms with Crippen molar-refractivity contribution in [3.63, 3.8) is 0 Å². The van der Waals surface area contributed by atoms with Crippen LogP contribution in [0.4, 0.5) is 0 Å². The maximum absolute atomic E-state index is 13.0. The third-order valence-electron chi connectivity index (χ3n) is 5.76. The fourth-order valence-electron chi connectivity index (χ4n) is 3.90. The number of carbonyl (C=O) groups is 2. The molecule has 0 bridgehead atoms. The molecule has 1 aliphatic rings. The lowest BCUT2D eigenvalue weighted by Crippen LogP contribution is -2.50. The van der Waals surface area contributed by atoms with Crippen LogP contribution >= 0.6 is 0 Å². The van der Waals surface area contributed by atoms with Crippen molar-refractivity contribution in [1.29, 1.82) is 0 Å². The number of piperidine rings is 1. The Morgan fingerprint density at radius 1 is 1.03 bits per heavy atom. The van der Waals surface area contributed by atoms with E-state index in [1.165, 1.54) is 4.31 Å². The van der Waals surface area contributed by atoms with Gasteiger partial charge in [0, 0.05) is 24.0 Å². The lowest BCUT2D eigenvalue weighted by atomic mass is 9.99. The van der Waals surface area contributed by atoms with E-state index in [0.29, 0.717) is 30.5 Å². The van der Waals surface area contributed by atoms with Crippen molar-refractivity contribution in [2.75, 3.05) is 13.1 Å². The first-order valence-corrected chi connectivity index (χ1v) is 11.9. The number of hydrogen-bond donors (Lipinski definition) is 2. The maximum atomic E-state index is 13.0. The minimum Gasteiger partial charge on any atom is -0.451 e. The van der Waals surface area contributed by atoms with Gasteiger partial charge in [0.2, 0.25) is 15.9 Å². The molecule has 9 heteroatoms. The largest absolute Gasteiger partial charge is 0.451 e. The minimum absolute atomic E-state index is 0.0571. The number of amides is 2. The first-order chi connectivity index (χ1) is 15.3. The topological polar surface area (TPSA) is 109 Å². The van der Waals surface area contributed by atoms with Gasteiger partial charge >= 0.3 is 5.91 Å². The molecule has 2 amide bonds. The van der Waals surface area contributed by atoms with E-state index in [9.17, 15) is 18.0 Å². The number of para-hydroxylation sites is 1. The summed E-state index contributed by atoms with van der Waals surface area (Å²) in [6.45, 7) is 4.07. The van der Waals surface area contributed by atoms with E-state index in [1.807, 2.05) is 25.1 Å². The quantitative estimate of drug-likeness (QED) is 0.588. The number of carbonyl (C=O) groups excluding carboxylic acids is 2. The number of hydrazine groups is 1. The molecule has 1 aliphatic heterocycles. The summed E-state index contributed by atoms with van der Waals surface area (Å²) >= 11 is 0. The van der Waals surface area contributed by atoms with Gasteiger partial charge in [-0.15, -0.1) is 0 Å². The number of nitrogens with one attached hydrogen (secondary N) is 2. The van der Waals surface area contributed by atoms with Crippen molar-refractivity contribution in [1.82, 2.24) is 15.2 Å². The number of fused-ring (bicyclic) bond motifs is 1. The molecule has 32 heavy (non-hydrogen) atoms. The molecule has 8 nitrogen and oxygen atoms in total. The second kappa shape index (κ2) is 8.76. The summed E-state index contributed by atoms with van der Waals surface area (Å²) in [5.74, 6) is -1.44. The van der Waals surface area contributed by atoms with Crippen molar-refractivity contribution in [3.8, 4) is 0 Å². The number of sulfonamides is 1. The molecule has 0 spiro atoms. The van der Waals surface area contributed by atoms with E-state index in [4.69, 9.17) is 4.42 Å². The maximum Gasteiger partial charge on any atom is 0.305 e. The van der Waals surface area contributed by atoms with Crippen LogP contribution in [0.25, 0.3) is 11.0 Å². The van der Waals surface area contributed by atoms with Gasteiger partial charge in [-0.1, -0.05) is 35.9 Å². The average Bonchev–Trinajstić information content (AvgIpc) is 3.14. The molecule has 1 aromatic heterocycles. The molecule has 0 saturated carbocycles. The highest BCUT2D eigenvalue weighted by Crippen LogP contribution is 2.25. The van der Waals surface area contributed by atoms with Crippen LogP contribution < -0.4 is 10.9 Å². The first-order valence-electron chi connectivity index (χ1n) is 10.4. The predicted octanol–water partition coefficient (Wildman–Crippen LogP) is 2.91. The number of rotatable bonds is 4. The molecule has 1 fully saturated rings. The van der Waals surface area contributed by atoms with E-state index in [2.05, 4.69) is 10.9 Å². The van der Waals surface area contributed by atoms with Crippen LogP contribution in [-0.4, -0.2) is 37.6 Å². The highest BCUT2D eigenvalue weighted by atomic mass is 32.2. The molecule has 2 heterocycles. The third kappa shape index (κ3) is 4.26. The second-order valence-electron chi connectivity index (χ2n) is 8.01. The Balaban J connectivity index is 1.40. The van der Waals surface area contributed by atoms with Gasteiger partial charge in [-0.25, -0.2) is 8.42 Å². The zero-order valence-corrected chi connectivity index (χ0v) is 18.7. The highest BCUT2D eigenvalue weighted by Gasteiger charge is 2.33. The van der Waals surface area contributed by atoms with E-state index in [0.717, 1.165) is 10.9 Å². The zero-order valence-electron chi connectivity index (χ0n) is 17.9. The summed E-state index contributed by atoms with van der Waals surface area (Å²) in [7, 11) is -3.69. The van der Waals surface area contributed by atoms with Crippen molar-refractivity contribution in [2.45, 2.75) is 31.6 Å². The Morgan fingerprint density at radius 3 is 2.47 bits per heavy atom. The van der Waals surface area contributed by atoms with Crippen LogP contribution in [-0.2, 0) is 14.8 Å². The average molecular weight is 456 g/mol. The highest BCUT2D eigenvalue weighted by molar-refractivity contribution is 7.89. The summed E-state index contributed by atoms with van der Waals surface area (Å²) in [6.07, 6.45) is 1.09. The number of nitrogens with zero attached hydrogens (tertiary/aromatic N) is 1. The Labute approximate surface area is 186 Å². The van der Waals surface area contributed by atoms with E-state index >= 15 is 0 Å². The van der Waals surface area contributed by atoms with Gasteiger partial charge in [-0.3, -0.25) is 20.4 Å². The van der Waals surface area contributed by atoms with Gasteiger partial charge in [0.05, 0.1) is 10.8 Å². The van der Waals surface area contributed by atoms with Crippen LogP contribution in [0.1, 0.15) is 34.5 Å². The molecular weight excluding hydrogens is 430 g/mol. The molecule has 0 radical (unpaired) electrons. The Hall–Kier alpha value is -3.17. The van der Waals surface area contributed by atoms with Gasteiger partial charge in [0.25, 0.3) is 0 Å². The summed E-state index contributed by atoms with van der Waals surface area (Å²) in [6, 6.07) is 13.9. The monoisotopic (exact) mass is 455 g/mol. The van der Waals surface area contributed by atoms with Gasteiger partial charge in [-0.05, 0) is 44.9 Å². The fourth-order valence-corrected chi connectivity index (χ4v) is 5.43. The molecule has 1 saturated heterocycles. The van der Waals surface area contributed by atoms with E-state index in [1.54, 1.807) is 37.3 Å². The second-order valence-corrected chi connectivity index (χ2v) is 9.95. The van der Waals surface area contributed by atoms with Gasteiger partial charge in [0.1, 0.15) is 5.58 Å². The SMILES string of the molecule is Cc1ccc(S(=O)(=O)N2CCCC(C(=O)NNC(=O)c3oc4ccccc4c3C)C2)cc1. The van der Waals surface area contributed by atoms with E-state index in [-0.39, 0.29) is 17.2 Å². The molecule has 1 atom stereocenters. The Bertz CT molecular complexity index is 1260. The summed E-state index contributed by atoms with van der Waals surface area (Å²) in [4.78, 5) is 25.4. The predicted molar refractivity (Wildman–Crippen MR) is 119 cm³/mol. The number of aryl methyl sites for hydroxylation is 2. The molecule has 3 aromatic rings. The minimum atomic E-state index is -3.69. The zero-order chi connectivity index (χ0) is 22.9. The molecule has 2 aromatic carbocycles. The number of hydrogen-bond acceptors (Lipinski definition) is 5. The molecule has 2 N–H and O–H groups in total. The molecule has 0 aliphatic carbocycles. The third-order valence-corrected chi connectivity index (χ3v) is 7.64. The lowest BCUT2D eigenvalue weighted by molar-refractivity contribution is -0.126. The number of furan rings is 1. The molecule has 4 rings (SSSR count). The smallest absolute Gasteiger partial charge is 0.305 e. The van der Waals surface area contributed by atoms with Crippen LogP contribution in [0, 0.1) is 19.8 Å². The number of benzene rings is 2. The lowest BCUT2D eigenvalue weighted by Gasteiger charge is -2.31. The standard InChI is InChI=1S/C23H25N3O5S/c1-15-9-11-18(12-10-15)32(29,30)26-13-5-6-17(14-26)22(27)24-25-23(28)21-16(2)19-7-3-4-8-20(19)31-21/h3-4,7-12,17H,5-6,13-14H2,1-2H3,(H,24,27)(H,25,28). The Morgan fingerprint density at radius 2 is 1.75 bits per heavy atom.